The minimum Gasteiger partial charge on any atom is -0.412 e. The van der Waals surface area contributed by atoms with Crippen molar-refractivity contribution in [2.75, 3.05) is 0 Å². The Hall–Kier alpha value is -0.440. The fourth-order valence-electron chi connectivity index (χ4n) is 0. The van der Waals surface area contributed by atoms with Crippen LogP contribution in [0.2, 0.25) is 0 Å². The van der Waals surface area contributed by atoms with E-state index in [1.165, 1.54) is 0 Å². The van der Waals surface area contributed by atoms with Crippen LogP contribution in [0.4, 0.5) is 0 Å². The lowest BCUT2D eigenvalue weighted by molar-refractivity contribution is 0.469. The van der Waals surface area contributed by atoms with Crippen molar-refractivity contribution in [1.29, 1.82) is 0 Å². The molecule has 0 bridgehead atoms. The largest absolute Gasteiger partial charge is 0.412 e. The first-order valence-corrected chi connectivity index (χ1v) is 2.00. The molecule has 0 aromatic heterocycles. The van der Waals surface area contributed by atoms with E-state index >= 15 is 0 Å². The van der Waals surface area contributed by atoms with E-state index in [0.29, 0.717) is 5.41 Å². The van der Waals surface area contributed by atoms with Gasteiger partial charge in [-0.3, -0.25) is 0 Å². The average Bonchev–Trinajstić information content (AvgIpc) is 0.722. The van der Waals surface area contributed by atoms with Crippen molar-refractivity contribution < 1.29 is 60.2 Å². The monoisotopic (exact) mass is 270 g/mol. The topological polar surface area (TPSA) is 346 Å². The molecule has 0 saturated carbocycles. The molecule has 0 amide bonds. The number of rotatable bonds is 0. The van der Waals surface area contributed by atoms with Crippen LogP contribution in [0.25, 0.3) is 0 Å². The van der Waals surface area contributed by atoms with Gasteiger partial charge in [0.1, 0.15) is 0 Å². The normalized spacial score (nSPS) is 3.75. The third-order valence-electron chi connectivity index (χ3n) is 0. The maximum Gasteiger partial charge on any atom is -0.0411 e. The Morgan fingerprint density at radius 1 is 0.312 bits per heavy atom. The Morgan fingerprint density at radius 3 is 0.312 bits per heavy atom. The van der Waals surface area contributed by atoms with Crippen molar-refractivity contribution in [1.82, 2.24) is 0 Å². The predicted octanol–water partition coefficient (Wildman–Crippen LogP) is -7.02. The molecule has 0 rings (SSSR count). The summed E-state index contributed by atoms with van der Waals surface area (Å²) in [5.74, 6) is 0. The van der Waals surface area contributed by atoms with E-state index in [-0.39, 0.29) is 60.2 Å². The van der Waals surface area contributed by atoms with E-state index in [1.807, 2.05) is 0 Å². The molecule has 0 aliphatic heterocycles. The zero-order valence-electron chi connectivity index (χ0n) is 10.0. The smallest absolute Gasteiger partial charge is 0.0411 e. The van der Waals surface area contributed by atoms with Gasteiger partial charge < -0.3 is 60.2 Å². The molecule has 11 nitrogen and oxygen atoms in total. The maximum atomic E-state index is 2.19. The molecule has 0 aliphatic rings. The van der Waals surface area contributed by atoms with Crippen LogP contribution in [0.1, 0.15) is 27.7 Å². The van der Waals surface area contributed by atoms with Crippen LogP contribution >= 0.6 is 0 Å². The maximum absolute atomic E-state index is 2.19. The highest BCUT2D eigenvalue weighted by molar-refractivity contribution is 4.47. The SMILES string of the molecule is CC(C)(C)C.O.O.O.O.O.O.O.O.O.O.O. The van der Waals surface area contributed by atoms with Gasteiger partial charge in [0.15, 0.2) is 0 Å². The molecule has 22 N–H and O–H groups in total. The standard InChI is InChI=1S/C5H12.11H2O/c1-5(2,3)4;;;;;;;;;;;/h1-4H3;11*1H2. The summed E-state index contributed by atoms with van der Waals surface area (Å²) in [6.45, 7) is 8.75. The second-order valence-corrected chi connectivity index (χ2v) is 3.00. The number of hydrogen-bond acceptors (Lipinski definition) is 0. The lowest BCUT2D eigenvalue weighted by atomic mass is 10.0. The lowest BCUT2D eigenvalue weighted by Crippen LogP contribution is -1.93. The molecular formula is C5H34O11. The molecule has 0 aromatic carbocycles. The summed E-state index contributed by atoms with van der Waals surface area (Å²) >= 11 is 0. The Kier molecular flexibility index (Phi) is 1410. The summed E-state index contributed by atoms with van der Waals surface area (Å²) in [5.41, 5.74) is 0.500. The Bertz CT molecular complexity index is 29.8. The van der Waals surface area contributed by atoms with Gasteiger partial charge in [0, 0.05) is 0 Å². The average molecular weight is 270 g/mol. The highest BCUT2D eigenvalue weighted by atomic mass is 16.0. The molecule has 11 heteroatoms. The summed E-state index contributed by atoms with van der Waals surface area (Å²) in [4.78, 5) is 0. The third kappa shape index (κ3) is 11000. The van der Waals surface area contributed by atoms with Crippen LogP contribution in [0.15, 0.2) is 0 Å². The first kappa shape index (κ1) is 260. The molecule has 120 valence electrons. The zero-order chi connectivity index (χ0) is 4.50. The van der Waals surface area contributed by atoms with Crippen molar-refractivity contribution in [3.05, 3.63) is 0 Å². The van der Waals surface area contributed by atoms with E-state index < -0.39 is 0 Å². The van der Waals surface area contributed by atoms with Gasteiger partial charge in [-0.2, -0.15) is 0 Å². The van der Waals surface area contributed by atoms with Gasteiger partial charge in [-0.05, 0) is 5.41 Å². The molecule has 0 atom stereocenters. The van der Waals surface area contributed by atoms with Crippen LogP contribution < -0.4 is 0 Å². The molecular weight excluding hydrogens is 236 g/mol. The molecule has 0 aromatic rings. The first-order chi connectivity index (χ1) is 2.00. The van der Waals surface area contributed by atoms with Crippen LogP contribution in [0.5, 0.6) is 0 Å². The van der Waals surface area contributed by atoms with E-state index in [4.69, 9.17) is 0 Å². The summed E-state index contributed by atoms with van der Waals surface area (Å²) in [5, 5.41) is 0. The minimum absolute atomic E-state index is 0. The van der Waals surface area contributed by atoms with E-state index in [1.54, 1.807) is 0 Å². The first-order valence-electron chi connectivity index (χ1n) is 2.00. The Balaban J connectivity index is -0.00000000145. The fourth-order valence-corrected chi connectivity index (χ4v) is 0. The summed E-state index contributed by atoms with van der Waals surface area (Å²) in [6, 6.07) is 0. The van der Waals surface area contributed by atoms with Crippen molar-refractivity contribution in [2.24, 2.45) is 5.41 Å². The fraction of sp³-hybridized carbons (Fsp3) is 1.00. The van der Waals surface area contributed by atoms with E-state index in [9.17, 15) is 0 Å². The molecule has 0 fully saturated rings. The second kappa shape index (κ2) is 86.6. The molecule has 0 heterocycles. The molecule has 0 aliphatic carbocycles. The van der Waals surface area contributed by atoms with Gasteiger partial charge in [-0.25, -0.2) is 0 Å². The van der Waals surface area contributed by atoms with Crippen LogP contribution in [-0.4, -0.2) is 60.2 Å². The van der Waals surface area contributed by atoms with Crippen LogP contribution in [0.3, 0.4) is 0 Å². The van der Waals surface area contributed by atoms with Crippen LogP contribution in [-0.2, 0) is 0 Å². The van der Waals surface area contributed by atoms with Gasteiger partial charge in [-0.1, -0.05) is 27.7 Å². The molecule has 0 spiro atoms. The Labute approximate surface area is 94.5 Å². The Morgan fingerprint density at radius 2 is 0.312 bits per heavy atom. The van der Waals surface area contributed by atoms with Gasteiger partial charge in [-0.15, -0.1) is 0 Å². The predicted molar refractivity (Wildman–Crippen MR) is 64.9 cm³/mol. The van der Waals surface area contributed by atoms with Gasteiger partial charge in [0.2, 0.25) is 0 Å². The molecule has 0 saturated heterocycles. The molecule has 0 radical (unpaired) electrons. The minimum atomic E-state index is 0. The van der Waals surface area contributed by atoms with Crippen molar-refractivity contribution >= 4 is 0 Å². The molecule has 0 unspecified atom stereocenters. The highest BCUT2D eigenvalue weighted by Gasteiger charge is 1.95. The summed E-state index contributed by atoms with van der Waals surface area (Å²) in [6.07, 6.45) is 0. The third-order valence-corrected chi connectivity index (χ3v) is 0. The van der Waals surface area contributed by atoms with Crippen molar-refractivity contribution in [3.8, 4) is 0 Å². The van der Waals surface area contributed by atoms with Crippen molar-refractivity contribution in [3.63, 3.8) is 0 Å². The van der Waals surface area contributed by atoms with Crippen LogP contribution in [0, 0.1) is 5.41 Å². The lowest BCUT2D eigenvalue weighted by Gasteiger charge is -2.05. The van der Waals surface area contributed by atoms with Gasteiger partial charge >= 0.3 is 0 Å². The van der Waals surface area contributed by atoms with E-state index in [0.717, 1.165) is 0 Å². The second-order valence-electron chi connectivity index (χ2n) is 3.00. The van der Waals surface area contributed by atoms with Crippen molar-refractivity contribution in [2.45, 2.75) is 27.7 Å². The zero-order valence-corrected chi connectivity index (χ0v) is 10.0. The van der Waals surface area contributed by atoms with E-state index in [2.05, 4.69) is 27.7 Å². The summed E-state index contributed by atoms with van der Waals surface area (Å²) < 4.78 is 0. The quantitative estimate of drug-likeness (QED) is 0.395. The number of hydrogen-bond donors (Lipinski definition) is 0. The highest BCUT2D eigenvalue weighted by Crippen LogP contribution is 2.07. The van der Waals surface area contributed by atoms with Gasteiger partial charge in [0.25, 0.3) is 0 Å². The summed E-state index contributed by atoms with van der Waals surface area (Å²) in [7, 11) is 0. The molecule has 16 heavy (non-hydrogen) atoms. The van der Waals surface area contributed by atoms with Gasteiger partial charge in [0.05, 0.1) is 0 Å².